The lowest BCUT2D eigenvalue weighted by Crippen LogP contribution is -2.69. The fourth-order valence-corrected chi connectivity index (χ4v) is 3.76. The summed E-state index contributed by atoms with van der Waals surface area (Å²) >= 11 is 17.4. The second-order valence-corrected chi connectivity index (χ2v) is 10.7. The highest BCUT2D eigenvalue weighted by molar-refractivity contribution is 6.76. The topological polar surface area (TPSA) is 124 Å². The molecule has 0 saturated carbocycles. The summed E-state index contributed by atoms with van der Waals surface area (Å²) in [6.07, 6.45) is 0.230. The van der Waals surface area contributed by atoms with E-state index in [0.29, 0.717) is 5.75 Å². The van der Waals surface area contributed by atoms with Gasteiger partial charge in [0.1, 0.15) is 11.9 Å². The SMILES string of the molecule is COC(=O)[C@@](COCc1ccc(OC)cc1)(NC(=O)C(Cl)(Cl)Cl)[C@@H](O)[C@@H](C/C=C/CO)OCc1ccccc1. The summed E-state index contributed by atoms with van der Waals surface area (Å²) in [7, 11) is 2.62. The van der Waals surface area contributed by atoms with Crippen LogP contribution in [0.1, 0.15) is 17.5 Å². The van der Waals surface area contributed by atoms with Gasteiger partial charge < -0.3 is 34.5 Å². The molecule has 39 heavy (non-hydrogen) atoms. The normalized spacial score (nSPS) is 14.8. The zero-order valence-electron chi connectivity index (χ0n) is 21.5. The number of halogens is 3. The standard InChI is InChI=1S/C27H32Cl3NO8/c1-36-21-13-11-20(12-14-21)16-38-18-26(25(35)37-2,31-24(34)27(28,29)30)23(33)22(10-6-7-15-32)39-17-19-8-4-3-5-9-19/h3-9,11-14,22-23,32-33H,10,15-18H2,1-2H3,(H,31,34)/b7-6+/t22-,23+,26+/m1/s1. The molecule has 1 amide bonds. The Bertz CT molecular complexity index is 1060. The Labute approximate surface area is 242 Å². The van der Waals surface area contributed by atoms with Crippen molar-refractivity contribution >= 4 is 46.7 Å². The second-order valence-electron chi connectivity index (χ2n) is 8.43. The Morgan fingerprint density at radius 1 is 0.974 bits per heavy atom. The lowest BCUT2D eigenvalue weighted by Gasteiger charge is -2.39. The molecule has 214 valence electrons. The Morgan fingerprint density at radius 3 is 2.18 bits per heavy atom. The van der Waals surface area contributed by atoms with Crippen LogP contribution in [0.4, 0.5) is 0 Å². The van der Waals surface area contributed by atoms with E-state index in [4.69, 9.17) is 53.8 Å². The quantitative estimate of drug-likeness (QED) is 0.160. The highest BCUT2D eigenvalue weighted by Crippen LogP contribution is 2.30. The van der Waals surface area contributed by atoms with E-state index in [1.165, 1.54) is 13.2 Å². The predicted molar refractivity (Wildman–Crippen MR) is 148 cm³/mol. The fourth-order valence-electron chi connectivity index (χ4n) is 3.62. The number of carbonyl (C=O) groups is 2. The molecule has 0 bridgehead atoms. The first-order valence-corrected chi connectivity index (χ1v) is 13.0. The molecular weight excluding hydrogens is 573 g/mol. The number of esters is 1. The second kappa shape index (κ2) is 16.0. The van der Waals surface area contributed by atoms with Crippen molar-refractivity contribution < 1.29 is 38.7 Å². The molecule has 0 aromatic heterocycles. The largest absolute Gasteiger partial charge is 0.497 e. The smallest absolute Gasteiger partial charge is 0.336 e. The number of hydrogen-bond acceptors (Lipinski definition) is 8. The Morgan fingerprint density at radius 2 is 1.62 bits per heavy atom. The summed E-state index contributed by atoms with van der Waals surface area (Å²) < 4.78 is 19.4. The van der Waals surface area contributed by atoms with Crippen LogP contribution in [0, 0.1) is 0 Å². The molecule has 0 saturated heterocycles. The third-order valence-electron chi connectivity index (χ3n) is 5.71. The summed E-state index contributed by atoms with van der Waals surface area (Å²) in [4.78, 5) is 26.0. The zero-order chi connectivity index (χ0) is 28.9. The van der Waals surface area contributed by atoms with Crippen molar-refractivity contribution in [1.29, 1.82) is 0 Å². The van der Waals surface area contributed by atoms with Gasteiger partial charge in [0, 0.05) is 0 Å². The number of ether oxygens (including phenoxy) is 4. The number of amides is 1. The van der Waals surface area contributed by atoms with Crippen molar-refractivity contribution in [2.24, 2.45) is 0 Å². The van der Waals surface area contributed by atoms with Gasteiger partial charge in [-0.05, 0) is 29.7 Å². The summed E-state index contributed by atoms with van der Waals surface area (Å²) in [6.45, 7) is -0.746. The Hall–Kier alpha value is -2.37. The molecule has 0 aliphatic rings. The molecule has 0 fully saturated rings. The number of alkyl halides is 3. The van der Waals surface area contributed by atoms with Crippen molar-refractivity contribution in [3.8, 4) is 5.75 Å². The van der Waals surface area contributed by atoms with Gasteiger partial charge in [-0.3, -0.25) is 4.79 Å². The van der Waals surface area contributed by atoms with Gasteiger partial charge in [-0.25, -0.2) is 4.79 Å². The van der Waals surface area contributed by atoms with E-state index in [1.807, 2.05) is 30.3 Å². The number of nitrogens with one attached hydrogen (secondary N) is 1. The maximum Gasteiger partial charge on any atom is 0.336 e. The van der Waals surface area contributed by atoms with E-state index in [9.17, 15) is 19.8 Å². The molecule has 2 rings (SSSR count). The molecule has 0 heterocycles. The molecule has 9 nitrogen and oxygen atoms in total. The van der Waals surface area contributed by atoms with Crippen LogP contribution in [0.5, 0.6) is 5.75 Å². The van der Waals surface area contributed by atoms with Gasteiger partial charge in [0.15, 0.2) is 5.54 Å². The van der Waals surface area contributed by atoms with Crippen molar-refractivity contribution in [1.82, 2.24) is 5.32 Å². The van der Waals surface area contributed by atoms with Crippen molar-refractivity contribution in [3.63, 3.8) is 0 Å². The monoisotopic (exact) mass is 603 g/mol. The number of aliphatic hydroxyl groups excluding tert-OH is 2. The molecule has 3 atom stereocenters. The van der Waals surface area contributed by atoms with Crippen LogP contribution in [-0.4, -0.2) is 71.1 Å². The summed E-state index contributed by atoms with van der Waals surface area (Å²) in [5, 5.41) is 23.1. The van der Waals surface area contributed by atoms with Crippen LogP contribution in [0.25, 0.3) is 0 Å². The minimum absolute atomic E-state index is 0.000941. The van der Waals surface area contributed by atoms with E-state index in [1.54, 1.807) is 30.3 Å². The predicted octanol–water partition coefficient (Wildman–Crippen LogP) is 3.49. The molecule has 0 unspecified atom stereocenters. The van der Waals surface area contributed by atoms with Gasteiger partial charge >= 0.3 is 5.97 Å². The van der Waals surface area contributed by atoms with Gasteiger partial charge in [0.2, 0.25) is 0 Å². The summed E-state index contributed by atoms with van der Waals surface area (Å²) in [6, 6.07) is 16.1. The summed E-state index contributed by atoms with van der Waals surface area (Å²) in [5.41, 5.74) is -0.721. The number of hydrogen-bond donors (Lipinski definition) is 3. The Kier molecular flexibility index (Phi) is 13.5. The summed E-state index contributed by atoms with van der Waals surface area (Å²) in [5.74, 6) is -1.59. The Balaban J connectivity index is 2.41. The maximum atomic E-state index is 13.2. The average Bonchev–Trinajstić information content (AvgIpc) is 2.93. The lowest BCUT2D eigenvalue weighted by molar-refractivity contribution is -0.170. The molecular formula is C27H32Cl3NO8. The van der Waals surface area contributed by atoms with Crippen LogP contribution >= 0.6 is 34.8 Å². The van der Waals surface area contributed by atoms with E-state index < -0.39 is 40.0 Å². The molecule has 3 N–H and O–H groups in total. The third kappa shape index (κ3) is 9.95. The average molecular weight is 605 g/mol. The van der Waals surface area contributed by atoms with Gasteiger partial charge in [0.05, 0.1) is 46.8 Å². The highest BCUT2D eigenvalue weighted by Gasteiger charge is 2.53. The number of benzene rings is 2. The van der Waals surface area contributed by atoms with E-state index in [-0.39, 0.29) is 26.2 Å². The van der Waals surface area contributed by atoms with Crippen LogP contribution < -0.4 is 10.1 Å². The maximum absolute atomic E-state index is 13.2. The van der Waals surface area contributed by atoms with Gasteiger partial charge in [0.25, 0.3) is 9.70 Å². The van der Waals surface area contributed by atoms with E-state index >= 15 is 0 Å². The minimum Gasteiger partial charge on any atom is -0.497 e. The number of methoxy groups -OCH3 is 2. The van der Waals surface area contributed by atoms with Crippen molar-refractivity contribution in [3.05, 3.63) is 77.9 Å². The van der Waals surface area contributed by atoms with Crippen LogP contribution in [-0.2, 0) is 37.0 Å². The van der Waals surface area contributed by atoms with Gasteiger partial charge in [-0.15, -0.1) is 0 Å². The van der Waals surface area contributed by atoms with Crippen molar-refractivity contribution in [2.45, 2.75) is 41.2 Å². The van der Waals surface area contributed by atoms with Crippen LogP contribution in [0.3, 0.4) is 0 Å². The van der Waals surface area contributed by atoms with E-state index in [0.717, 1.165) is 18.2 Å². The fraction of sp³-hybridized carbons (Fsp3) is 0.407. The van der Waals surface area contributed by atoms with Crippen molar-refractivity contribution in [2.75, 3.05) is 27.4 Å². The first-order valence-electron chi connectivity index (χ1n) is 11.8. The lowest BCUT2D eigenvalue weighted by atomic mass is 9.87. The minimum atomic E-state index is -2.47. The van der Waals surface area contributed by atoms with Crippen LogP contribution in [0.2, 0.25) is 0 Å². The highest BCUT2D eigenvalue weighted by atomic mass is 35.6. The van der Waals surface area contributed by atoms with Gasteiger partial charge in [-0.2, -0.15) is 0 Å². The first kappa shape index (κ1) is 32.8. The molecule has 0 radical (unpaired) electrons. The molecule has 2 aromatic carbocycles. The van der Waals surface area contributed by atoms with E-state index in [2.05, 4.69) is 5.32 Å². The molecule has 0 aliphatic carbocycles. The first-order chi connectivity index (χ1) is 18.6. The molecule has 0 aliphatic heterocycles. The zero-order valence-corrected chi connectivity index (χ0v) is 23.8. The van der Waals surface area contributed by atoms with Gasteiger partial charge in [-0.1, -0.05) is 89.4 Å². The number of rotatable bonds is 15. The molecule has 2 aromatic rings. The molecule has 12 heteroatoms. The number of aliphatic hydroxyl groups is 2. The third-order valence-corrected chi connectivity index (χ3v) is 6.22. The molecule has 0 spiro atoms. The van der Waals surface area contributed by atoms with Crippen LogP contribution in [0.15, 0.2) is 66.7 Å². The number of carbonyl (C=O) groups excluding carboxylic acids is 2.